The van der Waals surface area contributed by atoms with Crippen molar-refractivity contribution in [2.75, 3.05) is 5.32 Å². The van der Waals surface area contributed by atoms with Crippen molar-refractivity contribution in [1.82, 2.24) is 0 Å². The monoisotopic (exact) mass is 314 g/mol. The molecular weight excluding hydrogens is 296 g/mol. The molecule has 1 aromatic rings. The van der Waals surface area contributed by atoms with Gasteiger partial charge < -0.3 is 15.5 Å². The van der Waals surface area contributed by atoms with E-state index in [1.54, 1.807) is 0 Å². The first-order valence-corrected chi connectivity index (χ1v) is 7.93. The third-order valence-corrected chi connectivity index (χ3v) is 5.01. The van der Waals surface area contributed by atoms with Crippen LogP contribution in [0.3, 0.4) is 0 Å². The summed E-state index contributed by atoms with van der Waals surface area (Å²) in [5.41, 5.74) is -0.243. The van der Waals surface area contributed by atoms with Gasteiger partial charge in [0.05, 0.1) is 16.6 Å². The molecule has 116 valence electrons. The van der Waals surface area contributed by atoms with Crippen molar-refractivity contribution >= 4 is 21.7 Å². The van der Waals surface area contributed by atoms with Gasteiger partial charge in [-0.15, -0.1) is 0 Å². The number of rotatable bonds is 4. The van der Waals surface area contributed by atoms with Crippen LogP contribution < -0.4 is 10.5 Å². The first kappa shape index (κ1) is 15.7. The van der Waals surface area contributed by atoms with Crippen molar-refractivity contribution in [2.24, 2.45) is 10.6 Å². The Morgan fingerprint density at radius 2 is 2.05 bits per heavy atom. The van der Waals surface area contributed by atoms with Crippen LogP contribution >= 0.6 is 0 Å². The van der Waals surface area contributed by atoms with Gasteiger partial charge in [0.15, 0.2) is 0 Å². The second kappa shape index (κ2) is 4.97. The number of aromatic carboxylic acids is 1. The molecule has 2 rings (SSSR count). The highest BCUT2D eigenvalue weighted by molar-refractivity contribution is 7.89. The molecular formula is C13H18N2O5S. The maximum atomic E-state index is 11.3. The van der Waals surface area contributed by atoms with Crippen LogP contribution in [0.2, 0.25) is 0 Å². The molecule has 0 aliphatic heterocycles. The number of carbonyl (C=O) groups is 1. The van der Waals surface area contributed by atoms with Gasteiger partial charge in [-0.2, -0.15) is 0 Å². The lowest BCUT2D eigenvalue weighted by Crippen LogP contribution is -2.57. The predicted molar refractivity (Wildman–Crippen MR) is 76.6 cm³/mol. The van der Waals surface area contributed by atoms with Crippen molar-refractivity contribution in [2.45, 2.75) is 37.3 Å². The van der Waals surface area contributed by atoms with Gasteiger partial charge in [0.2, 0.25) is 10.0 Å². The number of primary sulfonamides is 1. The quantitative estimate of drug-likeness (QED) is 0.644. The molecule has 8 heteroatoms. The number of hydrogen-bond donors (Lipinski definition) is 4. The summed E-state index contributed by atoms with van der Waals surface area (Å²) in [6.45, 7) is 3.75. The minimum Gasteiger partial charge on any atom is -0.478 e. The number of sulfonamides is 1. The summed E-state index contributed by atoms with van der Waals surface area (Å²) >= 11 is 0. The molecule has 1 aliphatic carbocycles. The van der Waals surface area contributed by atoms with Gasteiger partial charge in [-0.25, -0.2) is 18.4 Å². The third kappa shape index (κ3) is 2.87. The highest BCUT2D eigenvalue weighted by Crippen LogP contribution is 2.42. The summed E-state index contributed by atoms with van der Waals surface area (Å²) in [6, 6.07) is 3.57. The minimum absolute atomic E-state index is 0.0917. The Balaban J connectivity index is 2.35. The van der Waals surface area contributed by atoms with Gasteiger partial charge in [-0.1, -0.05) is 13.8 Å². The summed E-state index contributed by atoms with van der Waals surface area (Å²) in [5, 5.41) is 27.0. The van der Waals surface area contributed by atoms with Gasteiger partial charge in [-0.3, -0.25) is 0 Å². The van der Waals surface area contributed by atoms with E-state index < -0.39 is 22.1 Å². The first-order valence-electron chi connectivity index (χ1n) is 6.38. The number of aliphatic hydroxyl groups is 1. The molecule has 1 saturated carbocycles. The van der Waals surface area contributed by atoms with Crippen molar-refractivity contribution in [1.29, 1.82) is 0 Å². The van der Waals surface area contributed by atoms with E-state index in [1.807, 2.05) is 13.8 Å². The van der Waals surface area contributed by atoms with Gasteiger partial charge >= 0.3 is 5.97 Å². The zero-order chi connectivity index (χ0) is 16.0. The van der Waals surface area contributed by atoms with E-state index in [0.717, 1.165) is 6.07 Å². The predicted octanol–water partition coefficient (Wildman–Crippen LogP) is 0.603. The lowest BCUT2D eigenvalue weighted by Gasteiger charge is -2.50. The van der Waals surface area contributed by atoms with E-state index in [-0.39, 0.29) is 21.9 Å². The number of carboxylic acid groups (broad SMARTS) is 1. The fourth-order valence-electron chi connectivity index (χ4n) is 2.34. The highest BCUT2D eigenvalue weighted by atomic mass is 32.2. The smallest absolute Gasteiger partial charge is 0.337 e. The zero-order valence-corrected chi connectivity index (χ0v) is 12.5. The molecule has 5 N–H and O–H groups in total. The fraction of sp³-hybridized carbons (Fsp3) is 0.462. The molecule has 0 amide bonds. The molecule has 0 bridgehead atoms. The second-order valence-electron chi connectivity index (χ2n) is 5.83. The second-order valence-corrected chi connectivity index (χ2v) is 7.39. The maximum absolute atomic E-state index is 11.3. The molecule has 0 radical (unpaired) electrons. The molecule has 7 nitrogen and oxygen atoms in total. The molecule has 0 saturated heterocycles. The highest BCUT2D eigenvalue weighted by Gasteiger charge is 2.47. The number of carboxylic acids is 1. The van der Waals surface area contributed by atoms with Gasteiger partial charge in [-0.05, 0) is 24.6 Å². The number of nitrogens with two attached hydrogens (primary N) is 1. The van der Waals surface area contributed by atoms with E-state index in [1.165, 1.54) is 12.1 Å². The normalized spacial score (nSPS) is 24.2. The topological polar surface area (TPSA) is 130 Å². The Kier molecular flexibility index (Phi) is 3.73. The average molecular weight is 314 g/mol. The SMILES string of the molecule is CC1(C)C(O)CC1Nc1ccc(S(N)(=O)=O)cc1C(=O)O. The average Bonchev–Trinajstić information content (AvgIpc) is 2.37. The lowest BCUT2D eigenvalue weighted by atomic mass is 9.64. The Bertz CT molecular complexity index is 684. The molecule has 2 atom stereocenters. The molecule has 2 unspecified atom stereocenters. The van der Waals surface area contributed by atoms with Crippen LogP contribution in [0.4, 0.5) is 5.69 Å². The Labute approximate surface area is 122 Å². The summed E-state index contributed by atoms with van der Waals surface area (Å²) in [6.07, 6.45) is 0.0511. The standard InChI is InChI=1S/C13H18N2O5S/c1-13(2)10(6-11(13)16)15-9-4-3-7(21(14,19)20)5-8(9)12(17)18/h3-5,10-11,15-16H,6H2,1-2H3,(H,17,18)(H2,14,19,20). The van der Waals surface area contributed by atoms with Crippen LogP contribution in [0.1, 0.15) is 30.6 Å². The minimum atomic E-state index is -3.96. The summed E-state index contributed by atoms with van der Waals surface area (Å²) < 4.78 is 22.6. The van der Waals surface area contributed by atoms with E-state index >= 15 is 0 Å². The van der Waals surface area contributed by atoms with Crippen LogP contribution in [0.5, 0.6) is 0 Å². The first-order chi connectivity index (χ1) is 9.53. The summed E-state index contributed by atoms with van der Waals surface area (Å²) in [7, 11) is -3.96. The number of aliphatic hydroxyl groups excluding tert-OH is 1. The van der Waals surface area contributed by atoms with Crippen LogP contribution in [0.25, 0.3) is 0 Å². The number of hydrogen-bond acceptors (Lipinski definition) is 5. The fourth-order valence-corrected chi connectivity index (χ4v) is 2.88. The largest absolute Gasteiger partial charge is 0.478 e. The molecule has 1 fully saturated rings. The van der Waals surface area contributed by atoms with E-state index in [2.05, 4.69) is 5.32 Å². The van der Waals surface area contributed by atoms with E-state index in [9.17, 15) is 23.4 Å². The van der Waals surface area contributed by atoms with Gasteiger partial charge in [0, 0.05) is 17.1 Å². The van der Waals surface area contributed by atoms with Crippen molar-refractivity contribution < 1.29 is 23.4 Å². The molecule has 1 aromatic carbocycles. The van der Waals surface area contributed by atoms with Gasteiger partial charge in [0.25, 0.3) is 0 Å². The van der Waals surface area contributed by atoms with Crippen molar-refractivity contribution in [3.8, 4) is 0 Å². The Morgan fingerprint density at radius 3 is 2.48 bits per heavy atom. The molecule has 0 aromatic heterocycles. The molecule has 0 spiro atoms. The summed E-state index contributed by atoms with van der Waals surface area (Å²) in [4.78, 5) is 11.0. The number of nitrogens with one attached hydrogen (secondary N) is 1. The third-order valence-electron chi connectivity index (χ3n) is 4.10. The summed E-state index contributed by atoms with van der Waals surface area (Å²) in [5.74, 6) is -1.25. The van der Waals surface area contributed by atoms with E-state index in [0.29, 0.717) is 12.1 Å². The lowest BCUT2D eigenvalue weighted by molar-refractivity contribution is -0.0510. The number of benzene rings is 1. The molecule has 0 heterocycles. The zero-order valence-electron chi connectivity index (χ0n) is 11.7. The van der Waals surface area contributed by atoms with Crippen LogP contribution in [-0.4, -0.2) is 36.7 Å². The van der Waals surface area contributed by atoms with Crippen molar-refractivity contribution in [3.63, 3.8) is 0 Å². The van der Waals surface area contributed by atoms with Crippen LogP contribution in [0.15, 0.2) is 23.1 Å². The maximum Gasteiger partial charge on any atom is 0.337 e. The molecule has 1 aliphatic rings. The Hall–Kier alpha value is -1.64. The number of anilines is 1. The van der Waals surface area contributed by atoms with Crippen LogP contribution in [0, 0.1) is 5.41 Å². The van der Waals surface area contributed by atoms with Crippen LogP contribution in [-0.2, 0) is 10.0 Å². The Morgan fingerprint density at radius 1 is 1.43 bits per heavy atom. The van der Waals surface area contributed by atoms with E-state index in [4.69, 9.17) is 5.14 Å². The van der Waals surface area contributed by atoms with Gasteiger partial charge in [0.1, 0.15) is 0 Å². The molecule has 21 heavy (non-hydrogen) atoms. The van der Waals surface area contributed by atoms with Crippen molar-refractivity contribution in [3.05, 3.63) is 23.8 Å².